The van der Waals surface area contributed by atoms with Crippen molar-refractivity contribution in [3.05, 3.63) is 54.1 Å². The first-order valence-electron chi connectivity index (χ1n) is 7.79. The molecule has 0 aliphatic heterocycles. The molecule has 2 atom stereocenters. The fraction of sp³-hybridized carbons (Fsp3) is 0.444. The van der Waals surface area contributed by atoms with E-state index in [1.807, 2.05) is 48.6 Å². The lowest BCUT2D eigenvalue weighted by Crippen LogP contribution is -2.43. The van der Waals surface area contributed by atoms with Gasteiger partial charge in [0.15, 0.2) is 0 Å². The van der Waals surface area contributed by atoms with Crippen molar-refractivity contribution in [1.29, 1.82) is 0 Å². The molecule has 0 aromatic heterocycles. The number of benzene rings is 1. The summed E-state index contributed by atoms with van der Waals surface area (Å²) in [5.74, 6) is 0. The highest BCUT2D eigenvalue weighted by molar-refractivity contribution is 5.42. The minimum absolute atomic E-state index is 0.0528. The van der Waals surface area contributed by atoms with Crippen LogP contribution in [0.15, 0.2) is 54.1 Å². The van der Waals surface area contributed by atoms with Gasteiger partial charge in [-0.15, -0.1) is 0 Å². The van der Waals surface area contributed by atoms with Crippen LogP contribution in [-0.4, -0.2) is 42.6 Å². The molecule has 0 spiro atoms. The van der Waals surface area contributed by atoms with Gasteiger partial charge in [0.05, 0.1) is 13.2 Å². The number of hydrogen-bond donors (Lipinski definition) is 4. The molecule has 0 fully saturated rings. The highest BCUT2D eigenvalue weighted by Gasteiger charge is 2.29. The summed E-state index contributed by atoms with van der Waals surface area (Å²) in [6.07, 6.45) is 6.59. The van der Waals surface area contributed by atoms with Crippen molar-refractivity contribution in [1.82, 2.24) is 5.32 Å². The Bertz CT molecular complexity index is 513. The zero-order valence-electron chi connectivity index (χ0n) is 13.1. The number of aliphatic hydroxyl groups excluding tert-OH is 2. The lowest BCUT2D eigenvalue weighted by molar-refractivity contribution is 0.156. The minimum Gasteiger partial charge on any atom is -0.395 e. The Balaban J connectivity index is 1.80. The van der Waals surface area contributed by atoms with Crippen molar-refractivity contribution in [3.63, 3.8) is 0 Å². The van der Waals surface area contributed by atoms with Gasteiger partial charge in [-0.2, -0.15) is 0 Å². The van der Waals surface area contributed by atoms with Crippen molar-refractivity contribution >= 4 is 5.69 Å². The Morgan fingerprint density at radius 2 is 2.00 bits per heavy atom. The predicted molar refractivity (Wildman–Crippen MR) is 90.8 cm³/mol. The Morgan fingerprint density at radius 3 is 2.68 bits per heavy atom. The van der Waals surface area contributed by atoms with Gasteiger partial charge in [0.25, 0.3) is 0 Å². The van der Waals surface area contributed by atoms with E-state index in [1.165, 1.54) is 0 Å². The van der Waals surface area contributed by atoms with Crippen molar-refractivity contribution in [2.75, 3.05) is 31.6 Å². The monoisotopic (exact) mass is 302 g/mol. The third kappa shape index (κ3) is 4.70. The van der Waals surface area contributed by atoms with Crippen molar-refractivity contribution < 1.29 is 10.2 Å². The zero-order chi connectivity index (χ0) is 15.8. The molecule has 0 radical (unpaired) electrons. The molecule has 0 saturated heterocycles. The molecule has 22 heavy (non-hydrogen) atoms. The summed E-state index contributed by atoms with van der Waals surface area (Å²) in [6, 6.07) is 10.4. The van der Waals surface area contributed by atoms with Crippen molar-refractivity contribution in [3.8, 4) is 0 Å². The number of anilines is 1. The summed E-state index contributed by atoms with van der Waals surface area (Å²) in [7, 11) is 0. The second kappa shape index (κ2) is 8.13. The zero-order valence-corrected chi connectivity index (χ0v) is 13.1. The van der Waals surface area contributed by atoms with Gasteiger partial charge in [-0.1, -0.05) is 36.4 Å². The second-order valence-electron chi connectivity index (χ2n) is 6.07. The number of para-hydroxylation sites is 1. The largest absolute Gasteiger partial charge is 0.395 e. The van der Waals surface area contributed by atoms with Crippen LogP contribution in [0.4, 0.5) is 5.69 Å². The molecular formula is C18H26N2O2. The number of nitrogens with one attached hydrogen (secondary N) is 2. The predicted octanol–water partition coefficient (Wildman–Crippen LogP) is 1.93. The third-order valence-electron chi connectivity index (χ3n) is 4.07. The Hall–Kier alpha value is -1.62. The van der Waals surface area contributed by atoms with Gasteiger partial charge in [-0.05, 0) is 31.1 Å². The molecule has 1 aromatic carbocycles. The second-order valence-corrected chi connectivity index (χ2v) is 6.07. The van der Waals surface area contributed by atoms with Crippen LogP contribution in [0.2, 0.25) is 0 Å². The molecule has 0 bridgehead atoms. The van der Waals surface area contributed by atoms with Crippen LogP contribution in [-0.2, 0) is 0 Å². The van der Waals surface area contributed by atoms with Gasteiger partial charge < -0.3 is 20.8 Å². The number of allylic oxidation sites excluding steroid dienone is 2. The first-order chi connectivity index (χ1) is 10.7. The molecule has 120 valence electrons. The quantitative estimate of drug-likeness (QED) is 0.592. The molecule has 4 N–H and O–H groups in total. The van der Waals surface area contributed by atoms with E-state index in [-0.39, 0.29) is 24.7 Å². The SMILES string of the molecule is CC(CNc1ccccc1)NCC1(CO)C=CC=C(CO)C1. The Labute approximate surface area is 132 Å². The third-order valence-corrected chi connectivity index (χ3v) is 4.07. The van der Waals surface area contributed by atoms with Crippen LogP contribution < -0.4 is 10.6 Å². The summed E-state index contributed by atoms with van der Waals surface area (Å²) in [5, 5.41) is 25.9. The fourth-order valence-electron chi connectivity index (χ4n) is 2.63. The highest BCUT2D eigenvalue weighted by atomic mass is 16.3. The smallest absolute Gasteiger partial charge is 0.0645 e. The lowest BCUT2D eigenvalue weighted by Gasteiger charge is -2.33. The van der Waals surface area contributed by atoms with Gasteiger partial charge >= 0.3 is 0 Å². The topological polar surface area (TPSA) is 64.5 Å². The van der Waals surface area contributed by atoms with E-state index in [9.17, 15) is 10.2 Å². The first-order valence-corrected chi connectivity index (χ1v) is 7.79. The maximum absolute atomic E-state index is 9.76. The van der Waals surface area contributed by atoms with E-state index in [1.54, 1.807) is 0 Å². The summed E-state index contributed by atoms with van der Waals surface area (Å²) in [5.41, 5.74) is 1.76. The number of rotatable bonds is 8. The normalized spacial score (nSPS) is 22.2. The summed E-state index contributed by atoms with van der Waals surface area (Å²) >= 11 is 0. The summed E-state index contributed by atoms with van der Waals surface area (Å²) in [6.45, 7) is 3.76. The number of aliphatic hydroxyl groups is 2. The van der Waals surface area contributed by atoms with E-state index < -0.39 is 0 Å². The molecule has 1 aromatic rings. The van der Waals surface area contributed by atoms with Crippen molar-refractivity contribution in [2.45, 2.75) is 19.4 Å². The highest BCUT2D eigenvalue weighted by Crippen LogP contribution is 2.30. The average molecular weight is 302 g/mol. The molecule has 1 aliphatic carbocycles. The maximum atomic E-state index is 9.76. The van der Waals surface area contributed by atoms with E-state index in [4.69, 9.17) is 0 Å². The Kier molecular flexibility index (Phi) is 6.19. The van der Waals surface area contributed by atoms with E-state index in [0.29, 0.717) is 13.0 Å². The molecular weight excluding hydrogens is 276 g/mol. The molecule has 4 heteroatoms. The maximum Gasteiger partial charge on any atom is 0.0645 e. The van der Waals surface area contributed by atoms with Crippen LogP contribution in [0.3, 0.4) is 0 Å². The molecule has 1 aliphatic rings. The summed E-state index contributed by atoms with van der Waals surface area (Å²) < 4.78 is 0. The van der Waals surface area contributed by atoms with E-state index in [0.717, 1.165) is 17.8 Å². The van der Waals surface area contributed by atoms with Crippen LogP contribution in [0, 0.1) is 5.41 Å². The molecule has 2 rings (SSSR count). The molecule has 2 unspecified atom stereocenters. The standard InChI is InChI=1S/C18H26N2O2/c1-15(11-19-17-7-3-2-4-8-17)20-13-18(14-22)9-5-6-16(10-18)12-21/h2-9,15,19-22H,10-14H2,1H3. The minimum atomic E-state index is -0.312. The molecule has 0 saturated carbocycles. The first kappa shape index (κ1) is 16.7. The van der Waals surface area contributed by atoms with E-state index in [2.05, 4.69) is 17.6 Å². The van der Waals surface area contributed by atoms with Gasteiger partial charge in [-0.3, -0.25) is 0 Å². The van der Waals surface area contributed by atoms with Crippen LogP contribution in [0.5, 0.6) is 0 Å². The molecule has 4 nitrogen and oxygen atoms in total. The van der Waals surface area contributed by atoms with Gasteiger partial charge in [0.2, 0.25) is 0 Å². The Morgan fingerprint density at radius 1 is 1.23 bits per heavy atom. The summed E-state index contributed by atoms with van der Waals surface area (Å²) in [4.78, 5) is 0. The van der Waals surface area contributed by atoms with Gasteiger partial charge in [0.1, 0.15) is 0 Å². The fourth-order valence-corrected chi connectivity index (χ4v) is 2.63. The molecule has 0 heterocycles. The average Bonchev–Trinajstić information content (AvgIpc) is 2.59. The van der Waals surface area contributed by atoms with Crippen LogP contribution in [0.1, 0.15) is 13.3 Å². The number of hydrogen-bond acceptors (Lipinski definition) is 4. The molecule has 0 amide bonds. The van der Waals surface area contributed by atoms with Gasteiger partial charge in [-0.25, -0.2) is 0 Å². The van der Waals surface area contributed by atoms with Crippen molar-refractivity contribution in [2.24, 2.45) is 5.41 Å². The van der Waals surface area contributed by atoms with Crippen LogP contribution >= 0.6 is 0 Å². The van der Waals surface area contributed by atoms with E-state index >= 15 is 0 Å². The van der Waals surface area contributed by atoms with Gasteiger partial charge in [0, 0.05) is 30.2 Å². The van der Waals surface area contributed by atoms with Crippen LogP contribution in [0.25, 0.3) is 0 Å². The lowest BCUT2D eigenvalue weighted by atomic mass is 9.79.